The molecule has 1 aromatic carbocycles. The van der Waals surface area contributed by atoms with E-state index in [0.29, 0.717) is 22.8 Å². The van der Waals surface area contributed by atoms with Crippen molar-refractivity contribution < 1.29 is 14.7 Å². The number of benzene rings is 1. The lowest BCUT2D eigenvalue weighted by molar-refractivity contribution is 0.112. The largest absolute Gasteiger partial charge is 0.464 e. The van der Waals surface area contributed by atoms with Gasteiger partial charge in [-0.25, -0.2) is 4.79 Å². The van der Waals surface area contributed by atoms with Gasteiger partial charge in [-0.2, -0.15) is 0 Å². The van der Waals surface area contributed by atoms with Gasteiger partial charge in [0, 0.05) is 17.1 Å². The highest BCUT2D eigenvalue weighted by molar-refractivity contribution is 6.04. The van der Waals surface area contributed by atoms with Crippen LogP contribution in [0.1, 0.15) is 15.9 Å². The molecular formula is C12H9NO3. The summed E-state index contributed by atoms with van der Waals surface area (Å²) in [6, 6.07) is 5.17. The van der Waals surface area contributed by atoms with Crippen molar-refractivity contribution in [3.8, 4) is 0 Å². The second-order valence-electron chi connectivity index (χ2n) is 3.30. The highest BCUT2D eigenvalue weighted by Crippen LogP contribution is 2.24. The molecule has 2 rings (SSSR count). The zero-order valence-corrected chi connectivity index (χ0v) is 8.38. The lowest BCUT2D eigenvalue weighted by Crippen LogP contribution is -2.05. The first kappa shape index (κ1) is 10.2. The maximum atomic E-state index is 11.0. The van der Waals surface area contributed by atoms with Crippen LogP contribution >= 0.6 is 0 Å². The first-order valence-corrected chi connectivity index (χ1v) is 4.64. The van der Waals surface area contributed by atoms with E-state index in [2.05, 4.69) is 6.58 Å². The molecule has 2 aromatic rings. The average Bonchev–Trinajstić information content (AvgIpc) is 2.67. The van der Waals surface area contributed by atoms with Gasteiger partial charge in [0.05, 0.1) is 5.52 Å². The van der Waals surface area contributed by atoms with Crippen LogP contribution in [0.25, 0.3) is 17.0 Å². The third kappa shape index (κ3) is 1.32. The minimum atomic E-state index is -1.11. The second-order valence-corrected chi connectivity index (χ2v) is 3.30. The van der Waals surface area contributed by atoms with E-state index in [0.717, 1.165) is 10.1 Å². The SMILES string of the molecule is C=Cc1cccc2c1c(C=O)cn2C(=O)O. The Morgan fingerprint density at radius 2 is 2.12 bits per heavy atom. The monoisotopic (exact) mass is 215 g/mol. The summed E-state index contributed by atoms with van der Waals surface area (Å²) in [5.41, 5.74) is 1.60. The highest BCUT2D eigenvalue weighted by atomic mass is 16.4. The van der Waals surface area contributed by atoms with E-state index in [-0.39, 0.29) is 0 Å². The number of carbonyl (C=O) groups is 2. The predicted molar refractivity (Wildman–Crippen MR) is 60.8 cm³/mol. The fourth-order valence-electron chi connectivity index (χ4n) is 1.76. The minimum Gasteiger partial charge on any atom is -0.464 e. The topological polar surface area (TPSA) is 59.3 Å². The summed E-state index contributed by atoms with van der Waals surface area (Å²) in [4.78, 5) is 21.8. The van der Waals surface area contributed by atoms with Crippen LogP contribution in [-0.2, 0) is 0 Å². The minimum absolute atomic E-state index is 0.355. The lowest BCUT2D eigenvalue weighted by atomic mass is 10.1. The third-order valence-corrected chi connectivity index (χ3v) is 2.44. The van der Waals surface area contributed by atoms with Gasteiger partial charge in [-0.3, -0.25) is 9.36 Å². The molecule has 0 amide bonds. The molecule has 0 saturated carbocycles. The zero-order valence-electron chi connectivity index (χ0n) is 8.38. The summed E-state index contributed by atoms with van der Waals surface area (Å²) in [7, 11) is 0. The Kier molecular flexibility index (Phi) is 2.32. The van der Waals surface area contributed by atoms with E-state index in [9.17, 15) is 9.59 Å². The summed E-state index contributed by atoms with van der Waals surface area (Å²) in [5, 5.41) is 9.60. The number of rotatable bonds is 2. The van der Waals surface area contributed by atoms with Crippen molar-refractivity contribution in [3.63, 3.8) is 0 Å². The Balaban J connectivity index is 2.94. The number of fused-ring (bicyclic) bond motifs is 1. The fraction of sp³-hybridized carbons (Fsp3) is 0. The maximum Gasteiger partial charge on any atom is 0.416 e. The maximum absolute atomic E-state index is 11.0. The molecule has 80 valence electrons. The van der Waals surface area contributed by atoms with Crippen molar-refractivity contribution in [1.29, 1.82) is 0 Å². The molecule has 0 unspecified atom stereocenters. The van der Waals surface area contributed by atoms with E-state index < -0.39 is 6.09 Å². The third-order valence-electron chi connectivity index (χ3n) is 2.44. The number of aldehydes is 1. The molecule has 4 heteroatoms. The number of aromatic nitrogens is 1. The van der Waals surface area contributed by atoms with Crippen molar-refractivity contribution in [2.45, 2.75) is 0 Å². The molecule has 0 aliphatic carbocycles. The molecule has 0 atom stereocenters. The average molecular weight is 215 g/mol. The molecular weight excluding hydrogens is 206 g/mol. The van der Waals surface area contributed by atoms with Crippen LogP contribution in [0.5, 0.6) is 0 Å². The zero-order chi connectivity index (χ0) is 11.7. The summed E-state index contributed by atoms with van der Waals surface area (Å²) in [5.74, 6) is 0. The normalized spacial score (nSPS) is 10.2. The molecule has 0 aliphatic heterocycles. The molecule has 0 radical (unpaired) electrons. The molecule has 4 nitrogen and oxygen atoms in total. The van der Waals surface area contributed by atoms with Crippen LogP contribution in [0.4, 0.5) is 4.79 Å². The number of nitrogens with zero attached hydrogens (tertiary/aromatic N) is 1. The Bertz CT molecular complexity index is 596. The Morgan fingerprint density at radius 3 is 2.69 bits per heavy atom. The van der Waals surface area contributed by atoms with Crippen LogP contribution in [0, 0.1) is 0 Å². The summed E-state index contributed by atoms with van der Waals surface area (Å²) in [6.07, 6.45) is 2.45. The van der Waals surface area contributed by atoms with Crippen molar-refractivity contribution in [2.75, 3.05) is 0 Å². The standard InChI is InChI=1S/C12H9NO3/c1-2-8-4-3-5-10-11(8)9(7-14)6-13(10)12(15)16/h2-7H,1H2,(H,15,16). The van der Waals surface area contributed by atoms with E-state index in [4.69, 9.17) is 5.11 Å². The molecule has 0 aliphatic rings. The first-order chi connectivity index (χ1) is 7.69. The van der Waals surface area contributed by atoms with Gasteiger partial charge in [-0.05, 0) is 11.6 Å². The molecule has 16 heavy (non-hydrogen) atoms. The van der Waals surface area contributed by atoms with Crippen LogP contribution in [0.2, 0.25) is 0 Å². The van der Waals surface area contributed by atoms with Crippen LogP contribution < -0.4 is 0 Å². The number of hydrogen-bond acceptors (Lipinski definition) is 2. The van der Waals surface area contributed by atoms with Crippen LogP contribution in [0.15, 0.2) is 31.0 Å². The van der Waals surface area contributed by atoms with Gasteiger partial charge in [0.1, 0.15) is 0 Å². The molecule has 0 saturated heterocycles. The van der Waals surface area contributed by atoms with Crippen LogP contribution in [-0.4, -0.2) is 22.1 Å². The van der Waals surface area contributed by atoms with Gasteiger partial charge in [0.2, 0.25) is 0 Å². The molecule has 0 fully saturated rings. The van der Waals surface area contributed by atoms with Gasteiger partial charge in [0.15, 0.2) is 6.29 Å². The number of carbonyl (C=O) groups excluding carboxylic acids is 1. The van der Waals surface area contributed by atoms with E-state index in [1.54, 1.807) is 24.3 Å². The molecule has 1 aromatic heterocycles. The van der Waals surface area contributed by atoms with Crippen molar-refractivity contribution in [3.05, 3.63) is 42.1 Å². The Hall–Kier alpha value is -2.36. The first-order valence-electron chi connectivity index (χ1n) is 4.64. The predicted octanol–water partition coefficient (Wildman–Crippen LogP) is 2.62. The van der Waals surface area contributed by atoms with Crippen molar-refractivity contribution >= 4 is 29.4 Å². The van der Waals surface area contributed by atoms with Gasteiger partial charge < -0.3 is 5.11 Å². The van der Waals surface area contributed by atoms with Crippen LogP contribution in [0.3, 0.4) is 0 Å². The second kappa shape index (κ2) is 3.66. The molecule has 1 N–H and O–H groups in total. The van der Waals surface area contributed by atoms with Crippen molar-refractivity contribution in [1.82, 2.24) is 4.57 Å². The molecule has 0 spiro atoms. The highest BCUT2D eigenvalue weighted by Gasteiger charge is 2.13. The smallest absolute Gasteiger partial charge is 0.416 e. The number of hydrogen-bond donors (Lipinski definition) is 1. The fourth-order valence-corrected chi connectivity index (χ4v) is 1.76. The van der Waals surface area contributed by atoms with Crippen molar-refractivity contribution in [2.24, 2.45) is 0 Å². The van der Waals surface area contributed by atoms with Gasteiger partial charge in [-0.15, -0.1) is 0 Å². The number of carboxylic acid groups (broad SMARTS) is 1. The quantitative estimate of drug-likeness (QED) is 0.783. The Labute approximate surface area is 91.4 Å². The summed E-state index contributed by atoms with van der Waals surface area (Å²) in [6.45, 7) is 3.64. The van der Waals surface area contributed by atoms with Gasteiger partial charge >= 0.3 is 6.09 Å². The van der Waals surface area contributed by atoms with E-state index in [1.807, 2.05) is 0 Å². The van der Waals surface area contributed by atoms with E-state index in [1.165, 1.54) is 6.20 Å². The summed E-state index contributed by atoms with van der Waals surface area (Å²) >= 11 is 0. The summed E-state index contributed by atoms with van der Waals surface area (Å²) < 4.78 is 1.03. The lowest BCUT2D eigenvalue weighted by Gasteiger charge is -1.99. The van der Waals surface area contributed by atoms with Gasteiger partial charge in [-0.1, -0.05) is 24.8 Å². The van der Waals surface area contributed by atoms with E-state index >= 15 is 0 Å². The Morgan fingerprint density at radius 1 is 1.38 bits per heavy atom. The van der Waals surface area contributed by atoms with Gasteiger partial charge in [0.25, 0.3) is 0 Å². The molecule has 1 heterocycles. The molecule has 0 bridgehead atoms.